The molecule has 3 aromatic heterocycles. The van der Waals surface area contributed by atoms with E-state index in [2.05, 4.69) is 15.0 Å². The van der Waals surface area contributed by atoms with Crippen LogP contribution in [0.3, 0.4) is 0 Å². The standard InChI is InChI=1S/C14H14N4O3S/c1-22(19,20)8-6-18-5-4-15-14(18)11-9-16-13(17-10-11)12-3-2-7-21-12/h2-5,7,9-10H,6,8H2,1H3. The highest BCUT2D eigenvalue weighted by Gasteiger charge is 2.11. The van der Waals surface area contributed by atoms with Crippen molar-refractivity contribution in [2.75, 3.05) is 12.0 Å². The number of hydrogen-bond acceptors (Lipinski definition) is 6. The summed E-state index contributed by atoms with van der Waals surface area (Å²) in [6, 6.07) is 3.55. The van der Waals surface area contributed by atoms with Gasteiger partial charge in [-0.1, -0.05) is 0 Å². The fourth-order valence-corrected chi connectivity index (χ4v) is 2.52. The summed E-state index contributed by atoms with van der Waals surface area (Å²) in [5, 5.41) is 0. The molecule has 7 nitrogen and oxygen atoms in total. The first kappa shape index (κ1) is 14.5. The van der Waals surface area contributed by atoms with E-state index in [0.717, 1.165) is 0 Å². The first-order valence-corrected chi connectivity index (χ1v) is 8.64. The van der Waals surface area contributed by atoms with Crippen molar-refractivity contribution < 1.29 is 12.8 Å². The summed E-state index contributed by atoms with van der Waals surface area (Å²) in [5.74, 6) is 1.77. The number of rotatable bonds is 5. The Kier molecular flexibility index (Phi) is 3.76. The van der Waals surface area contributed by atoms with Crippen LogP contribution in [0, 0.1) is 0 Å². The Morgan fingerprint density at radius 1 is 1.23 bits per heavy atom. The minimum atomic E-state index is -3.03. The third-order valence-electron chi connectivity index (χ3n) is 3.07. The summed E-state index contributed by atoms with van der Waals surface area (Å²) in [4.78, 5) is 12.7. The predicted octanol–water partition coefficient (Wildman–Crippen LogP) is 1.64. The Bertz CT molecular complexity index is 852. The second kappa shape index (κ2) is 5.72. The molecule has 0 amide bonds. The average molecular weight is 318 g/mol. The molecule has 3 heterocycles. The topological polar surface area (TPSA) is 90.9 Å². The largest absolute Gasteiger partial charge is 0.461 e. The van der Waals surface area contributed by atoms with Crippen molar-refractivity contribution in [3.63, 3.8) is 0 Å². The maximum atomic E-state index is 11.3. The van der Waals surface area contributed by atoms with Gasteiger partial charge in [0.2, 0.25) is 0 Å². The third kappa shape index (κ3) is 3.22. The van der Waals surface area contributed by atoms with Gasteiger partial charge in [0.1, 0.15) is 15.7 Å². The van der Waals surface area contributed by atoms with Crippen LogP contribution in [-0.4, -0.2) is 39.9 Å². The third-order valence-corrected chi connectivity index (χ3v) is 3.99. The minimum absolute atomic E-state index is 0.0572. The summed E-state index contributed by atoms with van der Waals surface area (Å²) in [6.07, 6.45) is 9.42. The maximum Gasteiger partial charge on any atom is 0.195 e. The molecule has 0 N–H and O–H groups in total. The van der Waals surface area contributed by atoms with E-state index in [9.17, 15) is 8.42 Å². The normalized spacial score (nSPS) is 11.7. The molecule has 0 aliphatic heterocycles. The Labute approximate surface area is 127 Å². The van der Waals surface area contributed by atoms with Gasteiger partial charge in [0.15, 0.2) is 11.6 Å². The van der Waals surface area contributed by atoms with Crippen LogP contribution in [0.2, 0.25) is 0 Å². The average Bonchev–Trinajstić information content (AvgIpc) is 3.16. The molecule has 0 spiro atoms. The van der Waals surface area contributed by atoms with Crippen LogP contribution in [0.4, 0.5) is 0 Å². The highest BCUT2D eigenvalue weighted by atomic mass is 32.2. The van der Waals surface area contributed by atoms with E-state index in [1.54, 1.807) is 47.8 Å². The highest BCUT2D eigenvalue weighted by molar-refractivity contribution is 7.90. The second-order valence-corrected chi connectivity index (χ2v) is 7.11. The van der Waals surface area contributed by atoms with Crippen LogP contribution in [0.5, 0.6) is 0 Å². The summed E-state index contributed by atoms with van der Waals surface area (Å²) in [6.45, 7) is 0.341. The molecule has 0 aliphatic rings. The number of nitrogens with zero attached hydrogens (tertiary/aromatic N) is 4. The zero-order valence-electron chi connectivity index (χ0n) is 11.9. The lowest BCUT2D eigenvalue weighted by atomic mass is 10.3. The van der Waals surface area contributed by atoms with E-state index >= 15 is 0 Å². The van der Waals surface area contributed by atoms with E-state index in [4.69, 9.17) is 4.42 Å². The lowest BCUT2D eigenvalue weighted by Crippen LogP contribution is -2.11. The second-order valence-electron chi connectivity index (χ2n) is 4.85. The lowest BCUT2D eigenvalue weighted by molar-refractivity contribution is 0.577. The van der Waals surface area contributed by atoms with Crippen LogP contribution in [0.25, 0.3) is 23.0 Å². The van der Waals surface area contributed by atoms with Gasteiger partial charge >= 0.3 is 0 Å². The van der Waals surface area contributed by atoms with Crippen LogP contribution in [-0.2, 0) is 16.4 Å². The van der Waals surface area contributed by atoms with E-state index < -0.39 is 9.84 Å². The van der Waals surface area contributed by atoms with Crippen molar-refractivity contribution in [1.29, 1.82) is 0 Å². The minimum Gasteiger partial charge on any atom is -0.461 e. The van der Waals surface area contributed by atoms with Crippen molar-refractivity contribution >= 4 is 9.84 Å². The van der Waals surface area contributed by atoms with Crippen molar-refractivity contribution in [3.05, 3.63) is 43.2 Å². The van der Waals surface area contributed by atoms with Gasteiger partial charge in [-0.2, -0.15) is 0 Å². The number of imidazole rings is 1. The van der Waals surface area contributed by atoms with Gasteiger partial charge in [0, 0.05) is 37.6 Å². The zero-order valence-corrected chi connectivity index (χ0v) is 12.7. The van der Waals surface area contributed by atoms with Gasteiger partial charge in [-0.15, -0.1) is 0 Å². The Morgan fingerprint density at radius 2 is 2.00 bits per heavy atom. The van der Waals surface area contributed by atoms with Crippen molar-refractivity contribution in [2.45, 2.75) is 6.54 Å². The Morgan fingerprint density at radius 3 is 2.64 bits per heavy atom. The Balaban J connectivity index is 1.84. The summed E-state index contributed by atoms with van der Waals surface area (Å²) in [7, 11) is -3.03. The fraction of sp³-hybridized carbons (Fsp3) is 0.214. The molecule has 0 aromatic carbocycles. The number of aromatic nitrogens is 4. The first-order chi connectivity index (χ1) is 10.5. The molecule has 0 aliphatic carbocycles. The molecule has 3 rings (SSSR count). The van der Waals surface area contributed by atoms with Crippen LogP contribution >= 0.6 is 0 Å². The molecule has 114 valence electrons. The monoisotopic (exact) mass is 318 g/mol. The van der Waals surface area contributed by atoms with E-state index in [-0.39, 0.29) is 5.75 Å². The summed E-state index contributed by atoms with van der Waals surface area (Å²) in [5.41, 5.74) is 0.716. The summed E-state index contributed by atoms with van der Waals surface area (Å²) >= 11 is 0. The van der Waals surface area contributed by atoms with Gasteiger partial charge in [-0.05, 0) is 12.1 Å². The van der Waals surface area contributed by atoms with E-state index in [1.165, 1.54) is 6.26 Å². The van der Waals surface area contributed by atoms with E-state index in [0.29, 0.717) is 29.5 Å². The molecular weight excluding hydrogens is 304 g/mol. The SMILES string of the molecule is CS(=O)(=O)CCn1ccnc1-c1cnc(-c2ccco2)nc1. The van der Waals surface area contributed by atoms with Crippen molar-refractivity contribution in [1.82, 2.24) is 19.5 Å². The molecule has 8 heteroatoms. The van der Waals surface area contributed by atoms with Crippen LogP contribution in [0.1, 0.15) is 0 Å². The molecule has 0 bridgehead atoms. The first-order valence-electron chi connectivity index (χ1n) is 6.58. The molecule has 3 aromatic rings. The van der Waals surface area contributed by atoms with Gasteiger partial charge in [0.05, 0.1) is 17.6 Å². The number of furan rings is 1. The quantitative estimate of drug-likeness (QED) is 0.710. The van der Waals surface area contributed by atoms with Crippen molar-refractivity contribution in [3.8, 4) is 23.0 Å². The van der Waals surface area contributed by atoms with Crippen LogP contribution in [0.15, 0.2) is 47.6 Å². The smallest absolute Gasteiger partial charge is 0.195 e. The lowest BCUT2D eigenvalue weighted by Gasteiger charge is -2.07. The molecule has 0 radical (unpaired) electrons. The number of aryl methyl sites for hydroxylation is 1. The molecule has 0 atom stereocenters. The number of hydrogen-bond donors (Lipinski definition) is 0. The van der Waals surface area contributed by atoms with Crippen LogP contribution < -0.4 is 0 Å². The molecule has 0 unspecified atom stereocenters. The molecule has 22 heavy (non-hydrogen) atoms. The maximum absolute atomic E-state index is 11.3. The van der Waals surface area contributed by atoms with E-state index in [1.807, 2.05) is 0 Å². The van der Waals surface area contributed by atoms with Gasteiger partial charge < -0.3 is 8.98 Å². The molecule has 0 saturated carbocycles. The van der Waals surface area contributed by atoms with Gasteiger partial charge in [0.25, 0.3) is 0 Å². The van der Waals surface area contributed by atoms with Gasteiger partial charge in [-0.25, -0.2) is 23.4 Å². The highest BCUT2D eigenvalue weighted by Crippen LogP contribution is 2.19. The fourth-order valence-electron chi connectivity index (χ4n) is 1.99. The molecule has 0 saturated heterocycles. The summed E-state index contributed by atoms with van der Waals surface area (Å²) < 4.78 is 29.6. The zero-order chi connectivity index (χ0) is 15.6. The Hall–Kier alpha value is -2.48. The number of sulfone groups is 1. The predicted molar refractivity (Wildman–Crippen MR) is 80.7 cm³/mol. The molecular formula is C14H14N4O3S. The molecule has 0 fully saturated rings. The van der Waals surface area contributed by atoms with Crippen molar-refractivity contribution in [2.24, 2.45) is 0 Å². The van der Waals surface area contributed by atoms with Gasteiger partial charge in [-0.3, -0.25) is 0 Å².